The normalized spacial score (nSPS) is 10.3. The number of halogens is 1. The first-order valence-corrected chi connectivity index (χ1v) is 9.59. The average Bonchev–Trinajstić information content (AvgIpc) is 2.76. The summed E-state index contributed by atoms with van der Waals surface area (Å²) in [6.45, 7) is 0.313. The molecule has 0 heterocycles. The van der Waals surface area contributed by atoms with E-state index in [1.54, 1.807) is 60.7 Å². The summed E-state index contributed by atoms with van der Waals surface area (Å²) in [6, 6.07) is 19.1. The van der Waals surface area contributed by atoms with Gasteiger partial charge in [0.1, 0.15) is 5.75 Å². The highest BCUT2D eigenvalue weighted by molar-refractivity contribution is 6.30. The van der Waals surface area contributed by atoms with E-state index < -0.39 is 11.8 Å². The fourth-order valence-electron chi connectivity index (χ4n) is 2.84. The number of amides is 2. The summed E-state index contributed by atoms with van der Waals surface area (Å²) in [5, 5.41) is 15.5. The highest BCUT2D eigenvalue weighted by Crippen LogP contribution is 2.17. The Morgan fingerprint density at radius 2 is 1.20 bits per heavy atom. The van der Waals surface area contributed by atoms with Crippen LogP contribution in [0.1, 0.15) is 36.6 Å². The molecule has 2 amide bonds. The lowest BCUT2D eigenvalue weighted by atomic mass is 9.98. The Morgan fingerprint density at radius 1 is 0.700 bits per heavy atom. The van der Waals surface area contributed by atoms with E-state index in [9.17, 15) is 19.5 Å². The van der Waals surface area contributed by atoms with Gasteiger partial charge < -0.3 is 15.7 Å². The van der Waals surface area contributed by atoms with E-state index in [0.717, 1.165) is 0 Å². The van der Waals surface area contributed by atoms with Crippen molar-refractivity contribution in [2.45, 2.75) is 0 Å². The van der Waals surface area contributed by atoms with Gasteiger partial charge in [-0.05, 0) is 42.5 Å². The molecule has 6 nitrogen and oxygen atoms in total. The van der Waals surface area contributed by atoms with Crippen molar-refractivity contribution in [2.75, 3.05) is 13.1 Å². The van der Waals surface area contributed by atoms with Crippen LogP contribution < -0.4 is 10.6 Å². The SMILES string of the molecule is O=C(NCCNC(=O)c1ccccc1C(=O)c1ccc(Cl)cc1)c1ccccc1O. The molecule has 0 radical (unpaired) electrons. The van der Waals surface area contributed by atoms with Gasteiger partial charge in [0.05, 0.1) is 11.1 Å². The maximum atomic E-state index is 12.8. The molecule has 0 atom stereocenters. The summed E-state index contributed by atoms with van der Waals surface area (Å²) in [7, 11) is 0. The molecular weight excluding hydrogens is 404 g/mol. The Morgan fingerprint density at radius 3 is 1.80 bits per heavy atom. The maximum Gasteiger partial charge on any atom is 0.255 e. The second kappa shape index (κ2) is 9.71. The number of rotatable bonds is 7. The number of hydrogen-bond acceptors (Lipinski definition) is 4. The summed E-state index contributed by atoms with van der Waals surface area (Å²) < 4.78 is 0. The molecule has 0 aromatic heterocycles. The van der Waals surface area contributed by atoms with Crippen molar-refractivity contribution in [3.63, 3.8) is 0 Å². The first-order valence-electron chi connectivity index (χ1n) is 9.21. The third kappa shape index (κ3) is 5.04. The van der Waals surface area contributed by atoms with Crippen molar-refractivity contribution in [1.82, 2.24) is 10.6 Å². The number of carbonyl (C=O) groups is 3. The van der Waals surface area contributed by atoms with Gasteiger partial charge in [-0.1, -0.05) is 41.9 Å². The van der Waals surface area contributed by atoms with Crippen molar-refractivity contribution in [3.8, 4) is 5.75 Å². The van der Waals surface area contributed by atoms with E-state index in [1.807, 2.05) is 0 Å². The molecule has 0 aliphatic rings. The van der Waals surface area contributed by atoms with Crippen molar-refractivity contribution in [3.05, 3.63) is 100 Å². The number of hydrogen-bond donors (Lipinski definition) is 3. The Hall–Kier alpha value is -3.64. The predicted octanol–water partition coefficient (Wildman–Crippen LogP) is 3.44. The number of carbonyl (C=O) groups excluding carboxylic acids is 3. The maximum absolute atomic E-state index is 12.8. The number of ketones is 1. The number of phenolic OH excluding ortho intramolecular Hbond substituents is 1. The van der Waals surface area contributed by atoms with Crippen molar-refractivity contribution >= 4 is 29.2 Å². The molecule has 3 rings (SSSR count). The number of benzene rings is 3. The monoisotopic (exact) mass is 422 g/mol. The van der Waals surface area contributed by atoms with Gasteiger partial charge >= 0.3 is 0 Å². The second-order valence-corrected chi connectivity index (χ2v) is 6.85. The number of phenols is 1. The first-order chi connectivity index (χ1) is 14.5. The molecule has 0 unspecified atom stereocenters. The van der Waals surface area contributed by atoms with Crippen LogP contribution in [0, 0.1) is 0 Å². The fourth-order valence-corrected chi connectivity index (χ4v) is 2.97. The minimum atomic E-state index is -0.444. The van der Waals surface area contributed by atoms with Crippen LogP contribution in [0.2, 0.25) is 5.02 Å². The van der Waals surface area contributed by atoms with Crippen molar-refractivity contribution in [2.24, 2.45) is 0 Å². The predicted molar refractivity (Wildman–Crippen MR) is 114 cm³/mol. The van der Waals surface area contributed by atoms with E-state index in [-0.39, 0.29) is 41.3 Å². The summed E-state index contributed by atoms with van der Waals surface area (Å²) in [6.07, 6.45) is 0. The van der Waals surface area contributed by atoms with Gasteiger partial charge in [-0.3, -0.25) is 14.4 Å². The summed E-state index contributed by atoms with van der Waals surface area (Å²) in [5.74, 6) is -1.27. The van der Waals surface area contributed by atoms with Crippen LogP contribution in [-0.2, 0) is 0 Å². The largest absolute Gasteiger partial charge is 0.507 e. The van der Waals surface area contributed by atoms with Crippen LogP contribution in [0.15, 0.2) is 72.8 Å². The average molecular weight is 423 g/mol. The zero-order valence-electron chi connectivity index (χ0n) is 15.9. The smallest absolute Gasteiger partial charge is 0.255 e. The van der Waals surface area contributed by atoms with Gasteiger partial charge in [0.2, 0.25) is 0 Å². The van der Waals surface area contributed by atoms with Crippen molar-refractivity contribution in [1.29, 1.82) is 0 Å². The highest BCUT2D eigenvalue weighted by atomic mass is 35.5. The molecule has 152 valence electrons. The zero-order chi connectivity index (χ0) is 21.5. The van der Waals surface area contributed by atoms with Gasteiger partial charge in [-0.15, -0.1) is 0 Å². The van der Waals surface area contributed by atoms with Gasteiger partial charge in [-0.25, -0.2) is 0 Å². The topological polar surface area (TPSA) is 95.5 Å². The summed E-state index contributed by atoms with van der Waals surface area (Å²) in [4.78, 5) is 37.4. The number of para-hydroxylation sites is 1. The molecule has 0 bridgehead atoms. The third-order valence-corrected chi connectivity index (χ3v) is 4.62. The van der Waals surface area contributed by atoms with E-state index in [1.165, 1.54) is 12.1 Å². The zero-order valence-corrected chi connectivity index (χ0v) is 16.6. The van der Waals surface area contributed by atoms with Crippen LogP contribution in [-0.4, -0.2) is 35.8 Å². The molecule has 30 heavy (non-hydrogen) atoms. The molecule has 0 fully saturated rings. The molecular formula is C23H19ClN2O4. The molecule has 0 saturated carbocycles. The molecule has 3 N–H and O–H groups in total. The van der Waals surface area contributed by atoms with Gasteiger partial charge in [0.15, 0.2) is 5.78 Å². The fraction of sp³-hybridized carbons (Fsp3) is 0.0870. The minimum absolute atomic E-state index is 0.117. The highest BCUT2D eigenvalue weighted by Gasteiger charge is 2.18. The van der Waals surface area contributed by atoms with E-state index >= 15 is 0 Å². The van der Waals surface area contributed by atoms with Crippen LogP contribution in [0.25, 0.3) is 0 Å². The summed E-state index contributed by atoms with van der Waals surface area (Å²) >= 11 is 5.87. The first kappa shape index (κ1) is 21.1. The lowest BCUT2D eigenvalue weighted by Crippen LogP contribution is -2.35. The lowest BCUT2D eigenvalue weighted by Gasteiger charge is -2.11. The third-order valence-electron chi connectivity index (χ3n) is 4.37. The molecule has 0 aliphatic heterocycles. The van der Waals surface area contributed by atoms with E-state index in [2.05, 4.69) is 10.6 Å². The number of aromatic hydroxyl groups is 1. The van der Waals surface area contributed by atoms with Crippen LogP contribution in [0.4, 0.5) is 0 Å². The number of nitrogens with one attached hydrogen (secondary N) is 2. The van der Waals surface area contributed by atoms with E-state index in [0.29, 0.717) is 10.6 Å². The molecule has 0 aliphatic carbocycles. The van der Waals surface area contributed by atoms with Gasteiger partial charge in [0.25, 0.3) is 11.8 Å². The molecule has 3 aromatic rings. The van der Waals surface area contributed by atoms with Crippen molar-refractivity contribution < 1.29 is 19.5 Å². The Bertz CT molecular complexity index is 1080. The summed E-state index contributed by atoms with van der Waals surface area (Å²) in [5.41, 5.74) is 1.09. The Kier molecular flexibility index (Phi) is 6.83. The second-order valence-electron chi connectivity index (χ2n) is 6.41. The minimum Gasteiger partial charge on any atom is -0.507 e. The molecule has 3 aromatic carbocycles. The van der Waals surface area contributed by atoms with Crippen LogP contribution in [0.3, 0.4) is 0 Å². The Balaban J connectivity index is 1.61. The standard InChI is InChI=1S/C23H19ClN2O4/c24-16-11-9-15(10-12-16)21(28)17-5-1-2-6-18(17)22(29)25-13-14-26-23(30)19-7-3-4-8-20(19)27/h1-12,27H,13-14H2,(H,25,29)(H,26,30). The Labute approximate surface area is 178 Å². The van der Waals surface area contributed by atoms with E-state index in [4.69, 9.17) is 11.6 Å². The van der Waals surface area contributed by atoms with Gasteiger partial charge in [0, 0.05) is 29.2 Å². The quantitative estimate of drug-likeness (QED) is 0.401. The molecule has 0 saturated heterocycles. The molecule has 0 spiro atoms. The van der Waals surface area contributed by atoms with Gasteiger partial charge in [-0.2, -0.15) is 0 Å². The van der Waals surface area contributed by atoms with Crippen LogP contribution >= 0.6 is 11.6 Å². The van der Waals surface area contributed by atoms with Crippen LogP contribution in [0.5, 0.6) is 5.75 Å². The molecule has 7 heteroatoms. The lowest BCUT2D eigenvalue weighted by molar-refractivity contribution is 0.0923.